The third-order valence-corrected chi connectivity index (χ3v) is 4.00. The van der Waals surface area contributed by atoms with Crippen molar-refractivity contribution in [2.75, 3.05) is 30.4 Å². The zero-order chi connectivity index (χ0) is 19.6. The topological polar surface area (TPSA) is 58.6 Å². The summed E-state index contributed by atoms with van der Waals surface area (Å²) in [5.41, 5.74) is 3.24. The van der Waals surface area contributed by atoms with Crippen molar-refractivity contribution in [3.8, 4) is 0 Å². The van der Waals surface area contributed by atoms with Crippen molar-refractivity contribution in [2.45, 2.75) is 20.3 Å². The van der Waals surface area contributed by atoms with Gasteiger partial charge in [0.2, 0.25) is 0 Å². The van der Waals surface area contributed by atoms with Gasteiger partial charge in [0.25, 0.3) is 5.91 Å². The number of anilines is 2. The molecule has 0 aliphatic heterocycles. The van der Waals surface area contributed by atoms with Crippen molar-refractivity contribution in [2.24, 2.45) is 0 Å². The zero-order valence-electron chi connectivity index (χ0n) is 16.1. The molecule has 1 amide bonds. The van der Waals surface area contributed by atoms with E-state index in [1.165, 1.54) is 6.08 Å². The van der Waals surface area contributed by atoms with Crippen LogP contribution >= 0.6 is 0 Å². The fourth-order valence-electron chi connectivity index (χ4n) is 2.57. The molecule has 0 aromatic heterocycles. The lowest BCUT2D eigenvalue weighted by atomic mass is 10.1. The molecule has 0 aliphatic rings. The monoisotopic (exact) mass is 366 g/mol. The number of nitrogens with zero attached hydrogens (tertiary/aromatic N) is 1. The molecule has 0 bridgehead atoms. The Kier molecular flexibility index (Phi) is 7.62. The molecule has 0 aliphatic carbocycles. The Morgan fingerprint density at radius 3 is 2.30 bits per heavy atom. The number of rotatable bonds is 8. The number of hydrogen-bond acceptors (Lipinski definition) is 4. The van der Waals surface area contributed by atoms with Gasteiger partial charge in [0.1, 0.15) is 0 Å². The Morgan fingerprint density at radius 2 is 1.70 bits per heavy atom. The van der Waals surface area contributed by atoms with Crippen LogP contribution in [0.1, 0.15) is 36.2 Å². The summed E-state index contributed by atoms with van der Waals surface area (Å²) < 4.78 is 4.84. The first-order valence-electron chi connectivity index (χ1n) is 9.11. The van der Waals surface area contributed by atoms with Crippen molar-refractivity contribution < 1.29 is 14.3 Å². The third kappa shape index (κ3) is 6.29. The van der Waals surface area contributed by atoms with Crippen LogP contribution in [0.15, 0.2) is 54.6 Å². The van der Waals surface area contributed by atoms with Gasteiger partial charge in [0.15, 0.2) is 0 Å². The first kappa shape index (κ1) is 20.2. The minimum atomic E-state index is -0.372. The molecule has 0 saturated heterocycles. The predicted molar refractivity (Wildman–Crippen MR) is 110 cm³/mol. The number of esters is 1. The Hall–Kier alpha value is -3.08. The van der Waals surface area contributed by atoms with E-state index in [-0.39, 0.29) is 11.9 Å². The van der Waals surface area contributed by atoms with E-state index in [1.54, 1.807) is 25.1 Å². The highest BCUT2D eigenvalue weighted by Gasteiger charge is 2.07. The minimum Gasteiger partial charge on any atom is -0.463 e. The number of ether oxygens (including phenoxy) is 1. The van der Waals surface area contributed by atoms with E-state index in [1.807, 2.05) is 43.4 Å². The lowest BCUT2D eigenvalue weighted by Gasteiger charge is -2.18. The molecular formula is C22H26N2O3. The van der Waals surface area contributed by atoms with Crippen LogP contribution in [0.2, 0.25) is 0 Å². The Balaban J connectivity index is 1.96. The van der Waals surface area contributed by atoms with Crippen molar-refractivity contribution in [1.82, 2.24) is 0 Å². The first-order chi connectivity index (χ1) is 13.0. The summed E-state index contributed by atoms with van der Waals surface area (Å²) in [6.07, 6.45) is 4.13. The normalized spacial score (nSPS) is 10.6. The van der Waals surface area contributed by atoms with Gasteiger partial charge in [-0.15, -0.1) is 0 Å². The van der Waals surface area contributed by atoms with Gasteiger partial charge in [0, 0.05) is 36.6 Å². The van der Waals surface area contributed by atoms with E-state index in [2.05, 4.69) is 17.1 Å². The summed E-state index contributed by atoms with van der Waals surface area (Å²) in [4.78, 5) is 25.9. The van der Waals surface area contributed by atoms with Crippen LogP contribution in [-0.4, -0.2) is 32.1 Å². The fourth-order valence-corrected chi connectivity index (χ4v) is 2.57. The van der Waals surface area contributed by atoms with E-state index >= 15 is 0 Å². The molecule has 0 saturated carbocycles. The van der Waals surface area contributed by atoms with Gasteiger partial charge >= 0.3 is 5.97 Å². The molecule has 2 aromatic rings. The molecule has 1 N–H and O–H groups in total. The molecule has 5 nitrogen and oxygen atoms in total. The van der Waals surface area contributed by atoms with Crippen LogP contribution in [0.25, 0.3) is 6.08 Å². The van der Waals surface area contributed by atoms with Crippen molar-refractivity contribution in [3.63, 3.8) is 0 Å². The molecule has 2 rings (SSSR count). The highest BCUT2D eigenvalue weighted by Crippen LogP contribution is 2.16. The zero-order valence-corrected chi connectivity index (χ0v) is 16.1. The molecular weight excluding hydrogens is 340 g/mol. The second-order valence-electron chi connectivity index (χ2n) is 6.13. The number of amides is 1. The van der Waals surface area contributed by atoms with E-state index < -0.39 is 0 Å². The SMILES string of the molecule is CCCN(C)c1ccc(C(=O)Nc2ccc(/C=C\C(=O)OCC)cc2)cc1. The third-order valence-electron chi connectivity index (χ3n) is 4.00. The van der Waals surface area contributed by atoms with Crippen LogP contribution in [0, 0.1) is 0 Å². The average molecular weight is 366 g/mol. The highest BCUT2D eigenvalue weighted by molar-refractivity contribution is 6.04. The summed E-state index contributed by atoms with van der Waals surface area (Å²) >= 11 is 0. The van der Waals surface area contributed by atoms with Crippen molar-refractivity contribution >= 4 is 29.3 Å². The molecule has 2 aromatic carbocycles. The first-order valence-corrected chi connectivity index (χ1v) is 9.11. The Labute approximate surface area is 160 Å². The van der Waals surface area contributed by atoms with Gasteiger partial charge in [-0.05, 0) is 61.4 Å². The van der Waals surface area contributed by atoms with Crippen LogP contribution in [0.3, 0.4) is 0 Å². The molecule has 27 heavy (non-hydrogen) atoms. The predicted octanol–water partition coefficient (Wildman–Crippen LogP) is 4.36. The minimum absolute atomic E-state index is 0.158. The molecule has 0 fully saturated rings. The fraction of sp³-hybridized carbons (Fsp3) is 0.273. The van der Waals surface area contributed by atoms with E-state index in [0.29, 0.717) is 17.9 Å². The van der Waals surface area contributed by atoms with E-state index in [0.717, 1.165) is 24.2 Å². The number of hydrogen-bond donors (Lipinski definition) is 1. The largest absolute Gasteiger partial charge is 0.463 e. The second-order valence-corrected chi connectivity index (χ2v) is 6.13. The highest BCUT2D eigenvalue weighted by atomic mass is 16.5. The summed E-state index contributed by atoms with van der Waals surface area (Å²) in [6, 6.07) is 14.8. The maximum atomic E-state index is 12.4. The maximum Gasteiger partial charge on any atom is 0.330 e. The van der Waals surface area contributed by atoms with Gasteiger partial charge in [-0.1, -0.05) is 19.1 Å². The Morgan fingerprint density at radius 1 is 1.04 bits per heavy atom. The molecule has 142 valence electrons. The second kappa shape index (κ2) is 10.2. The van der Waals surface area contributed by atoms with E-state index in [9.17, 15) is 9.59 Å². The molecule has 5 heteroatoms. The lowest BCUT2D eigenvalue weighted by Crippen LogP contribution is -2.18. The van der Waals surface area contributed by atoms with Crippen LogP contribution < -0.4 is 10.2 Å². The van der Waals surface area contributed by atoms with Gasteiger partial charge in [-0.2, -0.15) is 0 Å². The van der Waals surface area contributed by atoms with Gasteiger partial charge in [-0.3, -0.25) is 4.79 Å². The number of benzene rings is 2. The summed E-state index contributed by atoms with van der Waals surface area (Å²) in [5, 5.41) is 2.88. The quantitative estimate of drug-likeness (QED) is 0.557. The summed E-state index contributed by atoms with van der Waals surface area (Å²) in [6.45, 7) is 5.23. The van der Waals surface area contributed by atoms with Crippen molar-refractivity contribution in [1.29, 1.82) is 0 Å². The molecule has 0 unspecified atom stereocenters. The van der Waals surface area contributed by atoms with Crippen LogP contribution in [0.5, 0.6) is 0 Å². The van der Waals surface area contributed by atoms with Crippen LogP contribution in [-0.2, 0) is 9.53 Å². The lowest BCUT2D eigenvalue weighted by molar-refractivity contribution is -0.137. The molecule has 0 radical (unpaired) electrons. The number of nitrogens with one attached hydrogen (secondary N) is 1. The van der Waals surface area contributed by atoms with Crippen molar-refractivity contribution in [3.05, 3.63) is 65.7 Å². The molecule has 0 heterocycles. The summed E-state index contributed by atoms with van der Waals surface area (Å²) in [5.74, 6) is -0.530. The van der Waals surface area contributed by atoms with Gasteiger partial charge < -0.3 is 15.0 Å². The summed E-state index contributed by atoms with van der Waals surface area (Å²) in [7, 11) is 2.04. The van der Waals surface area contributed by atoms with Gasteiger partial charge in [-0.25, -0.2) is 4.79 Å². The number of carbonyl (C=O) groups excluding carboxylic acids is 2. The Bertz CT molecular complexity index is 780. The number of carbonyl (C=O) groups is 2. The maximum absolute atomic E-state index is 12.4. The molecule has 0 atom stereocenters. The average Bonchev–Trinajstić information content (AvgIpc) is 2.68. The molecule has 0 spiro atoms. The smallest absolute Gasteiger partial charge is 0.330 e. The van der Waals surface area contributed by atoms with E-state index in [4.69, 9.17) is 4.74 Å². The van der Waals surface area contributed by atoms with Gasteiger partial charge in [0.05, 0.1) is 6.61 Å². The van der Waals surface area contributed by atoms with Crippen LogP contribution in [0.4, 0.5) is 11.4 Å². The standard InChI is InChI=1S/C22H26N2O3/c1-4-16-24(3)20-13-9-18(10-14-20)22(26)23-19-11-6-17(7-12-19)8-15-21(25)27-5-2/h6-15H,4-5,16H2,1-3H3,(H,23,26)/b15-8-.